The maximum absolute atomic E-state index is 13.6. The van der Waals surface area contributed by atoms with Gasteiger partial charge in [0.1, 0.15) is 12.1 Å². The molecule has 3 N–H and O–H groups in total. The van der Waals surface area contributed by atoms with E-state index in [-0.39, 0.29) is 17.7 Å². The Kier molecular flexibility index (Phi) is 5.78. The van der Waals surface area contributed by atoms with Gasteiger partial charge in [0, 0.05) is 18.0 Å². The van der Waals surface area contributed by atoms with Gasteiger partial charge in [0.05, 0.1) is 0 Å². The minimum atomic E-state index is -0.893. The zero-order valence-electron chi connectivity index (χ0n) is 16.1. The topological polar surface area (TPSA) is 92.5 Å². The summed E-state index contributed by atoms with van der Waals surface area (Å²) >= 11 is 0. The molecular weight excluding hydrogens is 354 g/mol. The molecule has 2 aromatic rings. The quantitative estimate of drug-likeness (QED) is 0.807. The highest BCUT2D eigenvalue weighted by atomic mass is 16.2. The molecule has 0 aromatic heterocycles. The molecule has 0 unspecified atom stereocenters. The molecule has 0 saturated carbocycles. The Hall–Kier alpha value is -3.15. The Balaban J connectivity index is 2.00. The third-order valence-corrected chi connectivity index (χ3v) is 5.27. The summed E-state index contributed by atoms with van der Waals surface area (Å²) in [6, 6.07) is 14.8. The van der Waals surface area contributed by atoms with E-state index in [9.17, 15) is 14.4 Å². The predicted octanol–water partition coefficient (Wildman–Crippen LogP) is 2.33. The van der Waals surface area contributed by atoms with Crippen LogP contribution in [0.15, 0.2) is 54.6 Å². The minimum Gasteiger partial charge on any atom is -0.368 e. The van der Waals surface area contributed by atoms with E-state index in [0.29, 0.717) is 24.1 Å². The fourth-order valence-corrected chi connectivity index (χ4v) is 3.43. The summed E-state index contributed by atoms with van der Waals surface area (Å²) in [5, 5.41) is 2.87. The van der Waals surface area contributed by atoms with Crippen LogP contribution in [-0.2, 0) is 20.8 Å². The maximum atomic E-state index is 13.6. The van der Waals surface area contributed by atoms with E-state index in [0.717, 1.165) is 5.56 Å². The molecule has 3 amide bonds. The highest BCUT2D eigenvalue weighted by molar-refractivity contribution is 6.06. The molecule has 146 valence electrons. The van der Waals surface area contributed by atoms with Crippen molar-refractivity contribution in [1.29, 1.82) is 0 Å². The molecule has 6 nitrogen and oxygen atoms in total. The van der Waals surface area contributed by atoms with Crippen LogP contribution in [0.3, 0.4) is 0 Å². The van der Waals surface area contributed by atoms with E-state index in [1.165, 1.54) is 4.90 Å². The molecule has 3 rings (SSSR count). The number of fused-ring (bicyclic) bond motifs is 1. The molecule has 1 aliphatic rings. The Morgan fingerprint density at radius 3 is 2.39 bits per heavy atom. The molecule has 0 aliphatic carbocycles. The number of nitrogens with two attached hydrogens (primary N) is 1. The molecule has 0 saturated heterocycles. The molecule has 0 spiro atoms. The van der Waals surface area contributed by atoms with Gasteiger partial charge in [0.25, 0.3) is 5.91 Å². The Morgan fingerprint density at radius 2 is 1.75 bits per heavy atom. The van der Waals surface area contributed by atoms with Crippen LogP contribution in [0.4, 0.5) is 5.69 Å². The van der Waals surface area contributed by atoms with E-state index < -0.39 is 18.0 Å². The third-order valence-electron chi connectivity index (χ3n) is 5.27. The van der Waals surface area contributed by atoms with Crippen LogP contribution in [0.5, 0.6) is 0 Å². The number of para-hydroxylation sites is 1. The lowest BCUT2D eigenvalue weighted by atomic mass is 10.0. The Labute approximate surface area is 164 Å². The van der Waals surface area contributed by atoms with E-state index in [1.807, 2.05) is 50.2 Å². The smallest absolute Gasteiger partial charge is 0.254 e. The van der Waals surface area contributed by atoms with Crippen LogP contribution in [-0.4, -0.2) is 23.8 Å². The van der Waals surface area contributed by atoms with Gasteiger partial charge in [-0.05, 0) is 23.6 Å². The first-order chi connectivity index (χ1) is 13.4. The first-order valence-corrected chi connectivity index (χ1v) is 9.49. The number of nitrogens with zero attached hydrogens (tertiary/aromatic N) is 1. The van der Waals surface area contributed by atoms with Crippen molar-refractivity contribution < 1.29 is 14.4 Å². The second-order valence-corrected chi connectivity index (χ2v) is 7.12. The highest BCUT2D eigenvalue weighted by Crippen LogP contribution is 2.34. The van der Waals surface area contributed by atoms with Crippen molar-refractivity contribution in [3.63, 3.8) is 0 Å². The van der Waals surface area contributed by atoms with Crippen molar-refractivity contribution in [3.05, 3.63) is 65.7 Å². The number of anilines is 1. The summed E-state index contributed by atoms with van der Waals surface area (Å²) in [6.45, 7) is 3.74. The fraction of sp³-hybridized carbons (Fsp3) is 0.318. The number of hydrogen-bond acceptors (Lipinski definition) is 3. The number of amides is 3. The second-order valence-electron chi connectivity index (χ2n) is 7.12. The molecule has 28 heavy (non-hydrogen) atoms. The van der Waals surface area contributed by atoms with Crippen LogP contribution < -0.4 is 16.0 Å². The van der Waals surface area contributed by atoms with Crippen molar-refractivity contribution in [3.8, 4) is 0 Å². The van der Waals surface area contributed by atoms with Crippen LogP contribution in [0, 0.1) is 5.92 Å². The third kappa shape index (κ3) is 3.76. The summed E-state index contributed by atoms with van der Waals surface area (Å²) in [6.07, 6.45) is 1.04. The van der Waals surface area contributed by atoms with Crippen molar-refractivity contribution in [2.75, 3.05) is 4.90 Å². The van der Waals surface area contributed by atoms with Gasteiger partial charge in [-0.25, -0.2) is 0 Å². The number of primary amides is 1. The normalized spacial score (nSPS) is 17.5. The van der Waals surface area contributed by atoms with Crippen molar-refractivity contribution in [2.24, 2.45) is 11.7 Å². The first kappa shape index (κ1) is 19.6. The van der Waals surface area contributed by atoms with E-state index >= 15 is 0 Å². The number of carbonyl (C=O) groups is 3. The lowest BCUT2D eigenvalue weighted by molar-refractivity contribution is -0.130. The predicted molar refractivity (Wildman–Crippen MR) is 107 cm³/mol. The van der Waals surface area contributed by atoms with Crippen LogP contribution in [0.1, 0.15) is 37.4 Å². The van der Waals surface area contributed by atoms with Crippen LogP contribution in [0.25, 0.3) is 0 Å². The maximum Gasteiger partial charge on any atom is 0.254 e. The minimum absolute atomic E-state index is 0.201. The largest absolute Gasteiger partial charge is 0.368 e. The van der Waals surface area contributed by atoms with Gasteiger partial charge >= 0.3 is 0 Å². The first-order valence-electron chi connectivity index (χ1n) is 9.49. The summed E-state index contributed by atoms with van der Waals surface area (Å²) in [5.74, 6) is -1.36. The zero-order chi connectivity index (χ0) is 20.3. The Morgan fingerprint density at radius 1 is 1.11 bits per heavy atom. The van der Waals surface area contributed by atoms with E-state index in [1.54, 1.807) is 18.2 Å². The zero-order valence-corrected chi connectivity index (χ0v) is 16.1. The highest BCUT2D eigenvalue weighted by Gasteiger charge is 2.40. The van der Waals surface area contributed by atoms with Crippen LogP contribution in [0.2, 0.25) is 0 Å². The summed E-state index contributed by atoms with van der Waals surface area (Å²) in [5.41, 5.74) is 7.81. The molecule has 1 heterocycles. The number of carbonyl (C=O) groups excluding carboxylic acids is 3. The summed E-state index contributed by atoms with van der Waals surface area (Å²) in [4.78, 5) is 39.6. The second kappa shape index (κ2) is 8.25. The van der Waals surface area contributed by atoms with Gasteiger partial charge in [-0.2, -0.15) is 0 Å². The van der Waals surface area contributed by atoms with Gasteiger partial charge in [-0.1, -0.05) is 62.4 Å². The number of rotatable bonds is 6. The fourth-order valence-electron chi connectivity index (χ4n) is 3.43. The molecule has 1 aliphatic heterocycles. The standard InChI is InChI=1S/C22H25N3O3/c1-3-14(2)21(27)24-19(15-9-5-4-6-10-15)22(28)25-17-12-8-7-11-16(17)13-18(25)20(23)26/h4-12,14,18-19H,3,13H2,1-2H3,(H2,23,26)(H,24,27)/t14-,18+,19+/m1/s1. The van der Waals surface area contributed by atoms with Gasteiger partial charge in [-0.3, -0.25) is 19.3 Å². The van der Waals surface area contributed by atoms with Gasteiger partial charge in [-0.15, -0.1) is 0 Å². The molecule has 0 fully saturated rings. The SMILES string of the molecule is CC[C@@H](C)C(=O)N[C@H](C(=O)N1c2ccccc2C[C@H]1C(N)=O)c1ccccc1. The van der Waals surface area contributed by atoms with Crippen molar-refractivity contribution in [2.45, 2.75) is 38.8 Å². The molecule has 0 radical (unpaired) electrons. The van der Waals surface area contributed by atoms with Gasteiger partial charge < -0.3 is 11.1 Å². The lowest BCUT2D eigenvalue weighted by Crippen LogP contribution is -2.51. The molecular formula is C22H25N3O3. The van der Waals surface area contributed by atoms with Crippen LogP contribution >= 0.6 is 0 Å². The molecule has 3 atom stereocenters. The van der Waals surface area contributed by atoms with Gasteiger partial charge in [0.2, 0.25) is 11.8 Å². The average Bonchev–Trinajstić information content (AvgIpc) is 3.11. The summed E-state index contributed by atoms with van der Waals surface area (Å²) < 4.78 is 0. The number of hydrogen-bond donors (Lipinski definition) is 2. The van der Waals surface area contributed by atoms with Gasteiger partial charge in [0.15, 0.2) is 0 Å². The van der Waals surface area contributed by atoms with Crippen molar-refractivity contribution in [1.82, 2.24) is 5.32 Å². The number of nitrogens with one attached hydrogen (secondary N) is 1. The average molecular weight is 379 g/mol. The van der Waals surface area contributed by atoms with Crippen molar-refractivity contribution >= 4 is 23.4 Å². The summed E-state index contributed by atoms with van der Waals surface area (Å²) in [7, 11) is 0. The monoisotopic (exact) mass is 379 g/mol. The van der Waals surface area contributed by atoms with E-state index in [4.69, 9.17) is 5.73 Å². The lowest BCUT2D eigenvalue weighted by Gasteiger charge is -2.29. The molecule has 6 heteroatoms. The molecule has 2 aromatic carbocycles. The number of benzene rings is 2. The Bertz CT molecular complexity index is 882. The van der Waals surface area contributed by atoms with E-state index in [2.05, 4.69) is 5.32 Å². The molecule has 0 bridgehead atoms.